The molecule has 0 aromatic heterocycles. The maximum Gasteiger partial charge on any atom is 0.118 e. The summed E-state index contributed by atoms with van der Waals surface area (Å²) in [5.41, 5.74) is 0. The summed E-state index contributed by atoms with van der Waals surface area (Å²) in [6, 6.07) is 2.89. The Morgan fingerprint density at radius 1 is 1.62 bits per heavy atom. The van der Waals surface area contributed by atoms with Gasteiger partial charge in [0, 0.05) is 0 Å². The first-order chi connectivity index (χ1) is 5.16. The number of para-hydroxylation sites is 1. The smallest absolute Gasteiger partial charge is 0.118 e. The summed E-state index contributed by atoms with van der Waals surface area (Å²) in [6.45, 7) is 0. The number of hydrogen-bond acceptors (Lipinski definition) is 1. The lowest BCUT2D eigenvalue weighted by atomic mass is 10.3. The second kappa shape index (κ2) is 2.36. The zero-order chi connectivity index (χ0) is 8.43. The monoisotopic (exact) mass is 111 g/mol. The predicted molar refractivity (Wildman–Crippen MR) is 33.0 cm³/mol. The molecule has 1 rings (SSSR count). The van der Waals surface area contributed by atoms with Crippen molar-refractivity contribution in [2.75, 3.05) is 7.11 Å². The van der Waals surface area contributed by atoms with Crippen LogP contribution in [0.25, 0.3) is 0 Å². The highest BCUT2D eigenvalue weighted by atomic mass is 16.5. The quantitative estimate of drug-likeness (QED) is 0.536. The third-order valence-corrected chi connectivity index (χ3v) is 0.796. The lowest BCUT2D eigenvalue weighted by Crippen LogP contribution is -1.78. The number of benzene rings is 1. The predicted octanol–water partition coefficient (Wildman–Crippen LogP) is 1.70. The van der Waals surface area contributed by atoms with E-state index in [1.54, 1.807) is 0 Å². The van der Waals surface area contributed by atoms with Gasteiger partial charge in [-0.1, -0.05) is 18.2 Å². The molecule has 0 radical (unpaired) electrons. The molecule has 0 aliphatic carbocycles. The molecule has 0 aliphatic heterocycles. The van der Waals surface area contributed by atoms with Crippen LogP contribution in [0.1, 0.15) is 4.11 Å². The van der Waals surface area contributed by atoms with Crippen LogP contribution in [0, 0.1) is 0 Å². The molecule has 0 unspecified atom stereocenters. The summed E-state index contributed by atoms with van der Waals surface area (Å²) in [5.74, 6) is 0.339. The molecule has 0 spiro atoms. The molecule has 0 saturated heterocycles. The molecule has 1 aromatic carbocycles. The van der Waals surface area contributed by atoms with E-state index < -0.39 is 0 Å². The molecule has 0 N–H and O–H groups in total. The van der Waals surface area contributed by atoms with Crippen LogP contribution in [-0.4, -0.2) is 7.11 Å². The molecule has 8 heavy (non-hydrogen) atoms. The number of methoxy groups -OCH3 is 1. The first-order valence-electron chi connectivity index (χ1n) is 3.77. The average Bonchev–Trinajstić information content (AvgIpc) is 2.01. The highest BCUT2D eigenvalue weighted by molar-refractivity contribution is 5.20. The average molecular weight is 111 g/mol. The van der Waals surface area contributed by atoms with Gasteiger partial charge in [-0.2, -0.15) is 0 Å². The standard InChI is InChI=1S/C7H8O/c1-8-7-5-3-2-4-6-7/h2-6H,1H3/i2D,3D,5D. The Morgan fingerprint density at radius 3 is 3.25 bits per heavy atom. The summed E-state index contributed by atoms with van der Waals surface area (Å²) in [7, 11) is 1.44. The van der Waals surface area contributed by atoms with Crippen molar-refractivity contribution in [3.05, 3.63) is 30.3 Å². The van der Waals surface area contributed by atoms with Gasteiger partial charge in [-0.05, 0) is 12.1 Å². The van der Waals surface area contributed by atoms with Crippen LogP contribution in [0.5, 0.6) is 5.75 Å². The van der Waals surface area contributed by atoms with Crippen molar-refractivity contribution in [2.45, 2.75) is 0 Å². The van der Waals surface area contributed by atoms with E-state index in [0.717, 1.165) is 0 Å². The number of hydrogen-bond donors (Lipinski definition) is 0. The summed E-state index contributed by atoms with van der Waals surface area (Å²) in [4.78, 5) is 0. The zero-order valence-corrected chi connectivity index (χ0v) is 4.56. The second-order valence-corrected chi connectivity index (χ2v) is 1.30. The van der Waals surface area contributed by atoms with Gasteiger partial charge in [0.2, 0.25) is 0 Å². The molecule has 0 bridgehead atoms. The van der Waals surface area contributed by atoms with Crippen LogP contribution in [0.3, 0.4) is 0 Å². The lowest BCUT2D eigenvalue weighted by molar-refractivity contribution is 0.415. The van der Waals surface area contributed by atoms with E-state index in [4.69, 9.17) is 8.85 Å². The Morgan fingerprint density at radius 2 is 2.50 bits per heavy atom. The van der Waals surface area contributed by atoms with Crippen molar-refractivity contribution in [2.24, 2.45) is 0 Å². The third kappa shape index (κ3) is 0.997. The van der Waals surface area contributed by atoms with Gasteiger partial charge < -0.3 is 4.74 Å². The molecule has 1 nitrogen and oxygen atoms in total. The summed E-state index contributed by atoms with van der Waals surface area (Å²) in [5, 5.41) is 0. The van der Waals surface area contributed by atoms with Crippen LogP contribution >= 0.6 is 0 Å². The van der Waals surface area contributed by atoms with E-state index in [0.29, 0.717) is 5.75 Å². The first-order valence-corrected chi connectivity index (χ1v) is 2.27. The summed E-state index contributed by atoms with van der Waals surface area (Å²) in [6.07, 6.45) is 0. The molecular weight excluding hydrogens is 100 g/mol. The summed E-state index contributed by atoms with van der Waals surface area (Å²) < 4.78 is 26.5. The molecule has 0 atom stereocenters. The minimum atomic E-state index is -0.0932. The molecule has 0 fully saturated rings. The maximum absolute atomic E-state index is 7.30. The van der Waals surface area contributed by atoms with Crippen LogP contribution in [0.15, 0.2) is 30.3 Å². The normalized spacial score (nSPS) is 13.9. The Hall–Kier alpha value is -0.980. The van der Waals surface area contributed by atoms with Crippen molar-refractivity contribution in [3.63, 3.8) is 0 Å². The lowest BCUT2D eigenvalue weighted by Gasteiger charge is -1.93. The van der Waals surface area contributed by atoms with Crippen LogP contribution in [0.2, 0.25) is 0 Å². The third-order valence-electron chi connectivity index (χ3n) is 0.796. The Balaban J connectivity index is 3.25. The minimum Gasteiger partial charge on any atom is -0.497 e. The van der Waals surface area contributed by atoms with Gasteiger partial charge in [-0.15, -0.1) is 0 Å². The number of rotatable bonds is 1. The maximum atomic E-state index is 7.30. The van der Waals surface area contributed by atoms with Crippen molar-refractivity contribution in [1.29, 1.82) is 0 Å². The Kier molecular flexibility index (Phi) is 0.747. The fraction of sp³-hybridized carbons (Fsp3) is 0.143. The molecule has 42 valence electrons. The van der Waals surface area contributed by atoms with Gasteiger partial charge in [0.05, 0.1) is 11.2 Å². The minimum absolute atomic E-state index is 0.0278. The number of ether oxygens (including phenoxy) is 1. The van der Waals surface area contributed by atoms with Gasteiger partial charge in [-0.25, -0.2) is 0 Å². The molecule has 0 amide bonds. The van der Waals surface area contributed by atoms with Crippen molar-refractivity contribution in [3.8, 4) is 5.75 Å². The molecule has 0 aliphatic rings. The van der Waals surface area contributed by atoms with Gasteiger partial charge in [0.1, 0.15) is 5.75 Å². The van der Waals surface area contributed by atoms with E-state index in [-0.39, 0.29) is 18.1 Å². The molecule has 0 saturated carbocycles. The first kappa shape index (κ1) is 2.53. The van der Waals surface area contributed by atoms with E-state index in [1.807, 2.05) is 0 Å². The van der Waals surface area contributed by atoms with E-state index in [9.17, 15) is 0 Å². The highest BCUT2D eigenvalue weighted by Gasteiger charge is 1.80. The zero-order valence-electron chi connectivity index (χ0n) is 7.56. The molecule has 0 heterocycles. The summed E-state index contributed by atoms with van der Waals surface area (Å²) >= 11 is 0. The van der Waals surface area contributed by atoms with E-state index >= 15 is 0 Å². The van der Waals surface area contributed by atoms with Crippen molar-refractivity contribution >= 4 is 0 Å². The van der Waals surface area contributed by atoms with Crippen LogP contribution in [-0.2, 0) is 0 Å². The van der Waals surface area contributed by atoms with Crippen LogP contribution in [0.4, 0.5) is 0 Å². The molecule has 1 heteroatoms. The van der Waals surface area contributed by atoms with Crippen LogP contribution < -0.4 is 4.74 Å². The fourth-order valence-electron chi connectivity index (χ4n) is 0.417. The van der Waals surface area contributed by atoms with E-state index in [1.165, 1.54) is 19.2 Å². The van der Waals surface area contributed by atoms with Gasteiger partial charge in [0.15, 0.2) is 0 Å². The Bertz CT molecular complexity index is 273. The Labute approximate surface area is 53.1 Å². The largest absolute Gasteiger partial charge is 0.497 e. The van der Waals surface area contributed by atoms with Gasteiger partial charge in [0.25, 0.3) is 0 Å². The topological polar surface area (TPSA) is 9.23 Å². The van der Waals surface area contributed by atoms with E-state index in [2.05, 4.69) is 0 Å². The van der Waals surface area contributed by atoms with Crippen molar-refractivity contribution < 1.29 is 8.85 Å². The highest BCUT2D eigenvalue weighted by Crippen LogP contribution is 2.05. The molecule has 1 aromatic rings. The van der Waals surface area contributed by atoms with Gasteiger partial charge >= 0.3 is 0 Å². The van der Waals surface area contributed by atoms with Crippen molar-refractivity contribution in [1.82, 2.24) is 0 Å². The van der Waals surface area contributed by atoms with Gasteiger partial charge in [-0.3, -0.25) is 0 Å². The SMILES string of the molecule is [2H]c1ccc(OC)c([2H])c1[2H]. The second-order valence-electron chi connectivity index (χ2n) is 1.30. The fourth-order valence-corrected chi connectivity index (χ4v) is 0.417. The molecular formula is C7H8O.